The van der Waals surface area contributed by atoms with Crippen LogP contribution in [0.5, 0.6) is 0 Å². The van der Waals surface area contributed by atoms with Gasteiger partial charge in [0.1, 0.15) is 0 Å². The molecule has 0 aliphatic carbocycles. The van der Waals surface area contributed by atoms with Crippen molar-refractivity contribution in [1.29, 1.82) is 0 Å². The molecule has 0 spiro atoms. The van der Waals surface area contributed by atoms with Gasteiger partial charge < -0.3 is 9.38 Å². The van der Waals surface area contributed by atoms with Crippen molar-refractivity contribution in [3.05, 3.63) is 139 Å². The second kappa shape index (κ2) is 9.67. The number of para-hydroxylation sites is 1. The van der Waals surface area contributed by atoms with Crippen molar-refractivity contribution >= 4 is 78.1 Å². The minimum Gasteiger partial charge on any atom is -0.382 e. The van der Waals surface area contributed by atoms with Gasteiger partial charge in [-0.3, -0.25) is 0 Å². The molecule has 3 heteroatoms. The summed E-state index contributed by atoms with van der Waals surface area (Å²) in [6.45, 7) is 14.1. The summed E-state index contributed by atoms with van der Waals surface area (Å²) in [7, 11) is 0. The van der Waals surface area contributed by atoms with Crippen LogP contribution in [-0.4, -0.2) is 11.3 Å². The first-order valence-electron chi connectivity index (χ1n) is 17.6. The first-order valence-corrected chi connectivity index (χ1v) is 17.6. The summed E-state index contributed by atoms with van der Waals surface area (Å²) in [6.07, 6.45) is 2.32. The molecule has 0 N–H and O–H groups in total. The minimum absolute atomic E-state index is 0.00202. The molecule has 3 heterocycles. The van der Waals surface area contributed by atoms with E-state index in [4.69, 9.17) is 0 Å². The first kappa shape index (κ1) is 28.7. The van der Waals surface area contributed by atoms with E-state index in [0.717, 1.165) is 0 Å². The summed E-state index contributed by atoms with van der Waals surface area (Å²) in [6, 6.07) is 46.4. The highest BCUT2D eigenvalue weighted by Gasteiger charge is 2.42. The third-order valence-corrected chi connectivity index (χ3v) is 11.2. The molecule has 49 heavy (non-hydrogen) atoms. The van der Waals surface area contributed by atoms with Crippen LogP contribution < -0.4 is 15.8 Å². The van der Waals surface area contributed by atoms with E-state index in [9.17, 15) is 0 Å². The molecule has 10 rings (SSSR count). The lowest BCUT2D eigenvalue weighted by Crippen LogP contribution is -2.56. The van der Waals surface area contributed by atoms with E-state index in [-0.39, 0.29) is 17.7 Å². The Kier molecular flexibility index (Phi) is 5.66. The number of aromatic nitrogens is 1. The van der Waals surface area contributed by atoms with Gasteiger partial charge in [-0.15, -0.1) is 0 Å². The highest BCUT2D eigenvalue weighted by Crippen LogP contribution is 2.47. The molecule has 0 unspecified atom stereocenters. The minimum atomic E-state index is -0.00202. The van der Waals surface area contributed by atoms with E-state index >= 15 is 0 Å². The molecule has 0 amide bonds. The van der Waals surface area contributed by atoms with E-state index in [2.05, 4.69) is 178 Å². The molecule has 236 valence electrons. The van der Waals surface area contributed by atoms with Crippen molar-refractivity contribution in [3.63, 3.8) is 0 Å². The Labute approximate surface area is 288 Å². The van der Waals surface area contributed by atoms with Gasteiger partial charge in [0, 0.05) is 28.1 Å². The SMILES string of the molecule is CC(C)(C)c1cc(N2c3cc4cc5ccccc5cc4cc3B3c4c2cc2ccccc2c4-c2cccc4ccn3c24)cc(C(C)(C)C)c1. The van der Waals surface area contributed by atoms with Crippen molar-refractivity contribution in [1.82, 2.24) is 4.48 Å². The molecule has 0 atom stereocenters. The smallest absolute Gasteiger partial charge is 0.332 e. The maximum Gasteiger partial charge on any atom is 0.332 e. The summed E-state index contributed by atoms with van der Waals surface area (Å²) in [4.78, 5) is 2.60. The van der Waals surface area contributed by atoms with Gasteiger partial charge in [-0.1, -0.05) is 120 Å². The van der Waals surface area contributed by atoms with Crippen LogP contribution in [0.15, 0.2) is 128 Å². The molecule has 1 aromatic heterocycles. The molecular formula is C46H39BN2. The average Bonchev–Trinajstić information content (AvgIpc) is 3.51. The van der Waals surface area contributed by atoms with Crippen LogP contribution in [0, 0.1) is 0 Å². The van der Waals surface area contributed by atoms with E-state index in [1.165, 1.54) is 93.5 Å². The van der Waals surface area contributed by atoms with Crippen LogP contribution in [0.1, 0.15) is 52.7 Å². The summed E-state index contributed by atoms with van der Waals surface area (Å²) < 4.78 is 2.56. The van der Waals surface area contributed by atoms with E-state index in [0.29, 0.717) is 0 Å². The fourth-order valence-electron chi connectivity index (χ4n) is 8.61. The number of benzene rings is 7. The molecule has 0 fully saturated rings. The summed E-state index contributed by atoms with van der Waals surface area (Å²) in [5.41, 5.74) is 13.2. The van der Waals surface area contributed by atoms with Crippen molar-refractivity contribution in [2.24, 2.45) is 0 Å². The lowest BCUT2D eigenvalue weighted by atomic mass is 9.44. The van der Waals surface area contributed by atoms with Crippen molar-refractivity contribution in [2.75, 3.05) is 4.90 Å². The first-order chi connectivity index (χ1) is 23.5. The third kappa shape index (κ3) is 4.08. The van der Waals surface area contributed by atoms with Gasteiger partial charge >= 0.3 is 6.85 Å². The van der Waals surface area contributed by atoms with E-state index in [1.807, 2.05) is 0 Å². The quantitative estimate of drug-likeness (QED) is 0.129. The number of hydrogen-bond acceptors (Lipinski definition) is 1. The summed E-state index contributed by atoms with van der Waals surface area (Å²) in [5.74, 6) is 0. The van der Waals surface area contributed by atoms with Gasteiger partial charge in [-0.25, -0.2) is 0 Å². The summed E-state index contributed by atoms with van der Waals surface area (Å²) >= 11 is 0. The molecule has 0 bridgehead atoms. The van der Waals surface area contributed by atoms with Crippen LogP contribution in [-0.2, 0) is 10.8 Å². The molecule has 2 nitrogen and oxygen atoms in total. The van der Waals surface area contributed by atoms with Gasteiger partial charge in [-0.05, 0) is 125 Å². The predicted molar refractivity (Wildman–Crippen MR) is 212 cm³/mol. The Balaban J connectivity index is 1.39. The zero-order chi connectivity index (χ0) is 33.4. The van der Waals surface area contributed by atoms with Gasteiger partial charge in [0.25, 0.3) is 0 Å². The van der Waals surface area contributed by atoms with Crippen LogP contribution in [0.4, 0.5) is 17.1 Å². The lowest BCUT2D eigenvalue weighted by molar-refractivity contribution is 0.569. The van der Waals surface area contributed by atoms with E-state index in [1.54, 1.807) is 0 Å². The number of rotatable bonds is 1. The second-order valence-electron chi connectivity index (χ2n) is 16.3. The topological polar surface area (TPSA) is 8.17 Å². The molecule has 0 saturated carbocycles. The normalized spacial score (nSPS) is 13.8. The van der Waals surface area contributed by atoms with Gasteiger partial charge in [0.15, 0.2) is 0 Å². The van der Waals surface area contributed by atoms with Crippen molar-refractivity contribution < 1.29 is 0 Å². The molecule has 0 saturated heterocycles. The average molecular weight is 631 g/mol. The van der Waals surface area contributed by atoms with Crippen LogP contribution in [0.3, 0.4) is 0 Å². The number of anilines is 3. The molecule has 2 aliphatic heterocycles. The molecular weight excluding hydrogens is 591 g/mol. The van der Waals surface area contributed by atoms with E-state index < -0.39 is 0 Å². The monoisotopic (exact) mass is 630 g/mol. The highest BCUT2D eigenvalue weighted by atomic mass is 15.2. The fraction of sp³-hybridized carbons (Fsp3) is 0.174. The zero-order valence-corrected chi connectivity index (χ0v) is 29.1. The van der Waals surface area contributed by atoms with Crippen LogP contribution >= 0.6 is 0 Å². The zero-order valence-electron chi connectivity index (χ0n) is 29.1. The van der Waals surface area contributed by atoms with Gasteiger partial charge in [0.05, 0.1) is 0 Å². The lowest BCUT2D eigenvalue weighted by Gasteiger charge is -2.41. The molecule has 8 aromatic rings. The largest absolute Gasteiger partial charge is 0.382 e. The van der Waals surface area contributed by atoms with Gasteiger partial charge in [0.2, 0.25) is 0 Å². The Morgan fingerprint density at radius 1 is 0.510 bits per heavy atom. The van der Waals surface area contributed by atoms with Gasteiger partial charge in [-0.2, -0.15) is 0 Å². The Hall–Kier alpha value is -5.28. The molecule has 2 aliphatic rings. The third-order valence-electron chi connectivity index (χ3n) is 11.2. The maximum atomic E-state index is 2.60. The predicted octanol–water partition coefficient (Wildman–Crippen LogP) is 11.1. The summed E-state index contributed by atoms with van der Waals surface area (Å²) in [5, 5.41) is 8.99. The standard InChI is InChI=1S/C46H39BN2/c1-45(2,3)34-25-35(46(4,5)6)27-36(26-34)49-40-24-33-21-30-13-8-7-12-29(30)20-32(33)22-39(40)47-43-41(49)23-31-14-9-10-16-37(31)42(43)38-17-11-15-28-18-19-48(47)44(28)38/h7-27H,1-6H3. The van der Waals surface area contributed by atoms with Crippen LogP contribution in [0.2, 0.25) is 0 Å². The number of nitrogens with zero attached hydrogens (tertiary/aromatic N) is 2. The molecule has 7 aromatic carbocycles. The Morgan fingerprint density at radius 2 is 1.12 bits per heavy atom. The van der Waals surface area contributed by atoms with Crippen molar-refractivity contribution in [3.8, 4) is 11.1 Å². The fourth-order valence-corrected chi connectivity index (χ4v) is 8.61. The highest BCUT2D eigenvalue weighted by molar-refractivity contribution is 6.89. The number of fused-ring (bicyclic) bond motifs is 8. The maximum absolute atomic E-state index is 2.60. The van der Waals surface area contributed by atoms with Crippen molar-refractivity contribution in [2.45, 2.75) is 52.4 Å². The number of hydrogen-bond donors (Lipinski definition) is 0. The Morgan fingerprint density at radius 3 is 1.82 bits per heavy atom. The Bertz CT molecular complexity index is 2670. The molecule has 0 radical (unpaired) electrons. The second-order valence-corrected chi connectivity index (χ2v) is 16.3. The van der Waals surface area contributed by atoms with Crippen LogP contribution in [0.25, 0.3) is 54.3 Å².